The topological polar surface area (TPSA) is 72.3 Å². The number of pyridine rings is 1. The number of aryl methyl sites for hydroxylation is 2. The van der Waals surface area contributed by atoms with Crippen LogP contribution in [0.1, 0.15) is 19.0 Å². The van der Waals surface area contributed by atoms with E-state index in [1.165, 1.54) is 0 Å². The molecule has 2 aromatic heterocycles. The summed E-state index contributed by atoms with van der Waals surface area (Å²) in [7, 11) is 0. The number of nitrogens with zero attached hydrogens (tertiary/aromatic N) is 4. The first-order chi connectivity index (χ1) is 12.1. The Morgan fingerprint density at radius 3 is 2.80 bits per heavy atom. The second kappa shape index (κ2) is 8.25. The lowest BCUT2D eigenvalue weighted by Gasteiger charge is -2.26. The van der Waals surface area contributed by atoms with Crippen molar-refractivity contribution in [1.29, 1.82) is 0 Å². The Kier molecular flexibility index (Phi) is 6.03. The fourth-order valence-electron chi connectivity index (χ4n) is 3.05. The summed E-state index contributed by atoms with van der Waals surface area (Å²) in [6, 6.07) is 1.81. The maximum absolute atomic E-state index is 12.3. The van der Waals surface area contributed by atoms with Crippen LogP contribution in [-0.2, 0) is 11.3 Å². The van der Waals surface area contributed by atoms with E-state index in [2.05, 4.69) is 36.1 Å². The molecular weight excluding hydrogens is 386 g/mol. The normalized spacial score (nSPS) is 15.6. The third-order valence-corrected chi connectivity index (χ3v) is 5.01. The molecule has 1 saturated heterocycles. The van der Waals surface area contributed by atoms with Crippen molar-refractivity contribution in [2.75, 3.05) is 44.7 Å². The lowest BCUT2D eigenvalue weighted by Crippen LogP contribution is -2.37. The van der Waals surface area contributed by atoms with Crippen LogP contribution in [0.2, 0.25) is 0 Å². The fraction of sp³-hybridized carbons (Fsp3) is 0.588. The van der Waals surface area contributed by atoms with Crippen molar-refractivity contribution in [3.8, 4) is 0 Å². The van der Waals surface area contributed by atoms with E-state index in [9.17, 15) is 4.79 Å². The first-order valence-electron chi connectivity index (χ1n) is 8.72. The molecule has 136 valence electrons. The predicted molar refractivity (Wildman–Crippen MR) is 102 cm³/mol. The minimum absolute atomic E-state index is 0.0635. The minimum atomic E-state index is -0.0635. The molecule has 3 heterocycles. The van der Waals surface area contributed by atoms with Gasteiger partial charge in [-0.1, -0.05) is 0 Å². The number of anilines is 1. The Morgan fingerprint density at radius 1 is 1.32 bits per heavy atom. The number of morpholine rings is 1. The number of ether oxygens (including phenoxy) is 1. The summed E-state index contributed by atoms with van der Waals surface area (Å²) in [6.45, 7) is 9.95. The van der Waals surface area contributed by atoms with Gasteiger partial charge in [-0.05, 0) is 48.8 Å². The summed E-state index contributed by atoms with van der Waals surface area (Å²) in [5.74, 6) is 0.580. The van der Waals surface area contributed by atoms with E-state index < -0.39 is 0 Å². The van der Waals surface area contributed by atoms with Gasteiger partial charge in [-0.25, -0.2) is 4.98 Å². The molecule has 8 heteroatoms. The highest BCUT2D eigenvalue weighted by Gasteiger charge is 2.13. The second-order valence-corrected chi connectivity index (χ2v) is 7.00. The van der Waals surface area contributed by atoms with Crippen molar-refractivity contribution >= 4 is 32.9 Å². The average molecular weight is 410 g/mol. The van der Waals surface area contributed by atoms with E-state index in [1.807, 2.05) is 13.8 Å². The van der Waals surface area contributed by atoms with Gasteiger partial charge in [0.05, 0.1) is 23.4 Å². The van der Waals surface area contributed by atoms with Crippen molar-refractivity contribution < 1.29 is 4.74 Å². The highest BCUT2D eigenvalue weighted by atomic mass is 79.9. The molecule has 0 aromatic carbocycles. The highest BCUT2D eigenvalue weighted by Crippen LogP contribution is 2.19. The Labute approximate surface area is 155 Å². The molecule has 0 saturated carbocycles. The monoisotopic (exact) mass is 409 g/mol. The number of aromatic nitrogens is 3. The third kappa shape index (κ3) is 4.19. The minimum Gasteiger partial charge on any atom is -0.379 e. The lowest BCUT2D eigenvalue weighted by molar-refractivity contribution is 0.0378. The summed E-state index contributed by atoms with van der Waals surface area (Å²) in [5, 5.41) is 4.19. The molecule has 0 atom stereocenters. The molecule has 0 aliphatic carbocycles. The number of rotatable bonds is 6. The predicted octanol–water partition coefficient (Wildman–Crippen LogP) is 2.02. The molecule has 3 rings (SSSR count). The Hall–Kier alpha value is -1.51. The molecule has 0 unspecified atom stereocenters. The van der Waals surface area contributed by atoms with Crippen LogP contribution < -0.4 is 10.9 Å². The van der Waals surface area contributed by atoms with Crippen molar-refractivity contribution in [1.82, 2.24) is 19.4 Å². The largest absolute Gasteiger partial charge is 0.379 e. The van der Waals surface area contributed by atoms with Crippen LogP contribution in [-0.4, -0.2) is 58.8 Å². The lowest BCUT2D eigenvalue weighted by atomic mass is 10.2. The van der Waals surface area contributed by atoms with E-state index in [0.29, 0.717) is 22.6 Å². The zero-order chi connectivity index (χ0) is 17.8. The number of nitrogens with one attached hydrogen (secondary N) is 1. The van der Waals surface area contributed by atoms with Crippen LogP contribution in [0.25, 0.3) is 11.0 Å². The van der Waals surface area contributed by atoms with Crippen LogP contribution in [0.5, 0.6) is 0 Å². The van der Waals surface area contributed by atoms with Gasteiger partial charge in [0.25, 0.3) is 5.56 Å². The van der Waals surface area contributed by atoms with E-state index in [0.717, 1.165) is 56.9 Å². The van der Waals surface area contributed by atoms with Crippen molar-refractivity contribution in [3.05, 3.63) is 26.6 Å². The van der Waals surface area contributed by atoms with E-state index in [4.69, 9.17) is 4.74 Å². The summed E-state index contributed by atoms with van der Waals surface area (Å²) in [5.41, 5.74) is 1.48. The Bertz CT molecular complexity index is 802. The van der Waals surface area contributed by atoms with Gasteiger partial charge in [-0.15, -0.1) is 0 Å². The summed E-state index contributed by atoms with van der Waals surface area (Å²) in [4.78, 5) is 23.8. The zero-order valence-electron chi connectivity index (χ0n) is 14.7. The third-order valence-electron chi connectivity index (χ3n) is 4.45. The van der Waals surface area contributed by atoms with Crippen LogP contribution >= 0.6 is 15.9 Å². The van der Waals surface area contributed by atoms with Gasteiger partial charge < -0.3 is 10.1 Å². The van der Waals surface area contributed by atoms with E-state index >= 15 is 0 Å². The van der Waals surface area contributed by atoms with Crippen LogP contribution in [0, 0.1) is 6.92 Å². The summed E-state index contributed by atoms with van der Waals surface area (Å²) >= 11 is 3.33. The molecule has 2 aromatic rings. The summed E-state index contributed by atoms with van der Waals surface area (Å²) in [6.07, 6.45) is 1.02. The first kappa shape index (κ1) is 18.3. The maximum Gasteiger partial charge on any atom is 0.266 e. The van der Waals surface area contributed by atoms with Gasteiger partial charge >= 0.3 is 0 Å². The van der Waals surface area contributed by atoms with Gasteiger partial charge in [0.1, 0.15) is 5.65 Å². The summed E-state index contributed by atoms with van der Waals surface area (Å²) < 4.78 is 7.58. The average Bonchev–Trinajstić information content (AvgIpc) is 2.62. The Balaban J connectivity index is 1.71. The molecule has 0 bridgehead atoms. The Morgan fingerprint density at radius 2 is 2.08 bits per heavy atom. The number of hydrogen-bond acceptors (Lipinski definition) is 6. The van der Waals surface area contributed by atoms with Gasteiger partial charge in [-0.3, -0.25) is 14.3 Å². The number of halogens is 1. The standard InChI is InChI=1S/C17H24BrN5O2/c1-3-23-15-13(11-14(18)16(23)24)12(2)20-17(21-15)19-5-4-6-22-7-9-25-10-8-22/h11H,3-10H2,1-2H3,(H,19,20,21). The van der Waals surface area contributed by atoms with Crippen LogP contribution in [0.15, 0.2) is 15.3 Å². The molecule has 1 fully saturated rings. The number of fused-ring (bicyclic) bond motifs is 1. The zero-order valence-corrected chi connectivity index (χ0v) is 16.3. The maximum atomic E-state index is 12.3. The van der Waals surface area contributed by atoms with Crippen LogP contribution in [0.4, 0.5) is 5.95 Å². The van der Waals surface area contributed by atoms with Gasteiger partial charge in [-0.2, -0.15) is 4.98 Å². The van der Waals surface area contributed by atoms with Crippen molar-refractivity contribution in [2.45, 2.75) is 26.8 Å². The molecular formula is C17H24BrN5O2. The van der Waals surface area contributed by atoms with Crippen molar-refractivity contribution in [2.24, 2.45) is 0 Å². The molecule has 1 N–H and O–H groups in total. The molecule has 25 heavy (non-hydrogen) atoms. The van der Waals surface area contributed by atoms with E-state index in [1.54, 1.807) is 10.6 Å². The smallest absolute Gasteiger partial charge is 0.266 e. The first-order valence-corrected chi connectivity index (χ1v) is 9.51. The molecule has 1 aliphatic rings. The van der Waals surface area contributed by atoms with Gasteiger partial charge in [0, 0.05) is 31.6 Å². The molecule has 0 radical (unpaired) electrons. The van der Waals surface area contributed by atoms with E-state index in [-0.39, 0.29) is 5.56 Å². The molecule has 0 spiro atoms. The fourth-order valence-corrected chi connectivity index (χ4v) is 3.50. The van der Waals surface area contributed by atoms with Gasteiger partial charge in [0.2, 0.25) is 5.95 Å². The highest BCUT2D eigenvalue weighted by molar-refractivity contribution is 9.10. The van der Waals surface area contributed by atoms with Crippen LogP contribution in [0.3, 0.4) is 0 Å². The van der Waals surface area contributed by atoms with Gasteiger partial charge in [0.15, 0.2) is 0 Å². The molecule has 1 aliphatic heterocycles. The quantitative estimate of drug-likeness (QED) is 0.735. The second-order valence-electron chi connectivity index (χ2n) is 6.15. The number of hydrogen-bond donors (Lipinski definition) is 1. The molecule has 7 nitrogen and oxygen atoms in total. The molecule has 0 amide bonds. The SMILES string of the molecule is CCn1c(=O)c(Br)cc2c(C)nc(NCCCN3CCOCC3)nc21. The van der Waals surface area contributed by atoms with Crippen molar-refractivity contribution in [3.63, 3.8) is 0 Å².